The molecule has 21 heavy (non-hydrogen) atoms. The van der Waals surface area contributed by atoms with Crippen LogP contribution in [-0.4, -0.2) is 24.5 Å². The van der Waals surface area contributed by atoms with Crippen molar-refractivity contribution in [2.45, 2.75) is 18.4 Å². The van der Waals surface area contributed by atoms with E-state index in [1.807, 2.05) is 6.07 Å². The Morgan fingerprint density at radius 3 is 2.71 bits per heavy atom. The van der Waals surface area contributed by atoms with E-state index < -0.39 is 0 Å². The lowest BCUT2D eigenvalue weighted by Gasteiger charge is -2.21. The molecule has 0 radical (unpaired) electrons. The lowest BCUT2D eigenvalue weighted by Crippen LogP contribution is -2.30. The molecular formula is C18H21FN2. The smallest absolute Gasteiger partial charge is 0.123 e. The minimum Gasteiger partial charge on any atom is -0.323 e. The maximum absolute atomic E-state index is 13.3. The maximum Gasteiger partial charge on any atom is 0.123 e. The molecule has 3 rings (SSSR count). The van der Waals surface area contributed by atoms with Crippen LogP contribution < -0.4 is 5.73 Å². The molecule has 2 nitrogen and oxygen atoms in total. The van der Waals surface area contributed by atoms with E-state index in [4.69, 9.17) is 5.73 Å². The fourth-order valence-electron chi connectivity index (χ4n) is 3.12. The Balaban J connectivity index is 1.60. The van der Waals surface area contributed by atoms with Crippen molar-refractivity contribution in [1.82, 2.24) is 4.90 Å². The number of hydrogen-bond acceptors (Lipinski definition) is 2. The predicted molar refractivity (Wildman–Crippen MR) is 83.6 cm³/mol. The van der Waals surface area contributed by atoms with Crippen molar-refractivity contribution in [2.75, 3.05) is 19.6 Å². The summed E-state index contributed by atoms with van der Waals surface area (Å²) in [4.78, 5) is 2.38. The topological polar surface area (TPSA) is 29.3 Å². The predicted octanol–water partition coefficient (Wildman–Crippen LogP) is 3.32. The highest BCUT2D eigenvalue weighted by molar-refractivity contribution is 5.22. The maximum atomic E-state index is 13.3. The van der Waals surface area contributed by atoms with Crippen LogP contribution in [0.2, 0.25) is 0 Å². The van der Waals surface area contributed by atoms with Gasteiger partial charge in [0.2, 0.25) is 0 Å². The van der Waals surface area contributed by atoms with Gasteiger partial charge in [-0.1, -0.05) is 42.5 Å². The normalized spacial score (nSPS) is 20.6. The second-order valence-corrected chi connectivity index (χ2v) is 5.82. The molecule has 0 saturated carbocycles. The van der Waals surface area contributed by atoms with E-state index >= 15 is 0 Å². The fourth-order valence-corrected chi connectivity index (χ4v) is 3.12. The van der Waals surface area contributed by atoms with Crippen molar-refractivity contribution in [3.63, 3.8) is 0 Å². The largest absolute Gasteiger partial charge is 0.323 e. The van der Waals surface area contributed by atoms with E-state index in [1.54, 1.807) is 6.07 Å². The monoisotopic (exact) mass is 284 g/mol. The fraction of sp³-hybridized carbons (Fsp3) is 0.333. The number of likely N-dealkylation sites (tertiary alicyclic amines) is 1. The first-order valence-corrected chi connectivity index (χ1v) is 7.51. The van der Waals surface area contributed by atoms with Crippen LogP contribution in [0.15, 0.2) is 54.6 Å². The number of nitrogens with zero attached hydrogens (tertiary/aromatic N) is 1. The molecule has 2 atom stereocenters. The summed E-state index contributed by atoms with van der Waals surface area (Å²) in [5, 5.41) is 0. The molecule has 0 bridgehead atoms. The Hall–Kier alpha value is -1.71. The quantitative estimate of drug-likeness (QED) is 0.933. The summed E-state index contributed by atoms with van der Waals surface area (Å²) in [6.07, 6.45) is 1.17. The van der Waals surface area contributed by atoms with Crippen molar-refractivity contribution in [3.05, 3.63) is 71.5 Å². The zero-order chi connectivity index (χ0) is 14.7. The summed E-state index contributed by atoms with van der Waals surface area (Å²) >= 11 is 0. The molecule has 0 aromatic heterocycles. The first-order chi connectivity index (χ1) is 10.2. The summed E-state index contributed by atoms with van der Waals surface area (Å²) in [5.41, 5.74) is 8.49. The Morgan fingerprint density at radius 2 is 1.95 bits per heavy atom. The van der Waals surface area contributed by atoms with Crippen LogP contribution in [0.4, 0.5) is 4.39 Å². The average Bonchev–Trinajstić information content (AvgIpc) is 2.97. The lowest BCUT2D eigenvalue weighted by molar-refractivity contribution is 0.312. The third-order valence-corrected chi connectivity index (χ3v) is 4.28. The van der Waals surface area contributed by atoms with Crippen molar-refractivity contribution in [2.24, 2.45) is 5.73 Å². The Bertz CT molecular complexity index is 585. The van der Waals surface area contributed by atoms with Crippen molar-refractivity contribution < 1.29 is 4.39 Å². The van der Waals surface area contributed by atoms with Gasteiger partial charge in [-0.05, 0) is 42.1 Å². The van der Waals surface area contributed by atoms with E-state index in [0.29, 0.717) is 5.92 Å². The minimum atomic E-state index is -0.216. The molecule has 110 valence electrons. The van der Waals surface area contributed by atoms with Crippen molar-refractivity contribution >= 4 is 0 Å². The summed E-state index contributed by atoms with van der Waals surface area (Å²) < 4.78 is 13.3. The highest BCUT2D eigenvalue weighted by Crippen LogP contribution is 2.28. The van der Waals surface area contributed by atoms with Crippen molar-refractivity contribution in [1.29, 1.82) is 0 Å². The Kier molecular flexibility index (Phi) is 4.32. The van der Waals surface area contributed by atoms with Crippen LogP contribution in [0.1, 0.15) is 29.5 Å². The van der Waals surface area contributed by atoms with E-state index in [2.05, 4.69) is 35.2 Å². The van der Waals surface area contributed by atoms with Gasteiger partial charge in [0.25, 0.3) is 0 Å². The lowest BCUT2D eigenvalue weighted by atomic mass is 9.99. The third-order valence-electron chi connectivity index (χ3n) is 4.28. The third kappa shape index (κ3) is 3.49. The number of nitrogens with two attached hydrogens (primary N) is 1. The molecule has 2 aromatic carbocycles. The number of halogens is 1. The van der Waals surface area contributed by atoms with Crippen LogP contribution in [0.3, 0.4) is 0 Å². The van der Waals surface area contributed by atoms with Gasteiger partial charge in [0.15, 0.2) is 0 Å². The number of benzene rings is 2. The van der Waals surface area contributed by atoms with E-state index in [0.717, 1.165) is 25.2 Å². The summed E-state index contributed by atoms with van der Waals surface area (Å²) in [5.74, 6) is 0.373. The molecule has 0 aliphatic carbocycles. The van der Waals surface area contributed by atoms with E-state index in [9.17, 15) is 4.39 Å². The summed E-state index contributed by atoms with van der Waals surface area (Å²) in [7, 11) is 0. The second-order valence-electron chi connectivity index (χ2n) is 5.82. The van der Waals surface area contributed by atoms with Gasteiger partial charge in [-0.2, -0.15) is 0 Å². The Morgan fingerprint density at radius 1 is 1.14 bits per heavy atom. The SMILES string of the molecule is NC(CN1CCC(c2ccccc2)C1)c1cccc(F)c1. The summed E-state index contributed by atoms with van der Waals surface area (Å²) in [6.45, 7) is 2.88. The van der Waals surface area contributed by atoms with Crippen LogP contribution in [-0.2, 0) is 0 Å². The first kappa shape index (κ1) is 14.2. The van der Waals surface area contributed by atoms with Gasteiger partial charge in [-0.25, -0.2) is 4.39 Å². The average molecular weight is 284 g/mol. The molecule has 1 aliphatic rings. The van der Waals surface area contributed by atoms with Gasteiger partial charge >= 0.3 is 0 Å². The van der Waals surface area contributed by atoms with Gasteiger partial charge < -0.3 is 10.6 Å². The van der Waals surface area contributed by atoms with Crippen LogP contribution in [0, 0.1) is 5.82 Å². The molecule has 2 unspecified atom stereocenters. The molecular weight excluding hydrogens is 263 g/mol. The van der Waals surface area contributed by atoms with Crippen LogP contribution in [0.5, 0.6) is 0 Å². The number of hydrogen-bond donors (Lipinski definition) is 1. The molecule has 2 aromatic rings. The highest BCUT2D eigenvalue weighted by Gasteiger charge is 2.25. The van der Waals surface area contributed by atoms with Crippen molar-refractivity contribution in [3.8, 4) is 0 Å². The molecule has 1 fully saturated rings. The number of rotatable bonds is 4. The molecule has 2 N–H and O–H groups in total. The van der Waals surface area contributed by atoms with E-state index in [1.165, 1.54) is 24.1 Å². The molecule has 3 heteroatoms. The second kappa shape index (κ2) is 6.37. The molecule has 0 amide bonds. The van der Waals surface area contributed by atoms with Gasteiger partial charge in [-0.15, -0.1) is 0 Å². The molecule has 1 aliphatic heterocycles. The van der Waals surface area contributed by atoms with Gasteiger partial charge in [-0.3, -0.25) is 0 Å². The van der Waals surface area contributed by atoms with Crippen LogP contribution in [0.25, 0.3) is 0 Å². The Labute approximate surface area is 125 Å². The van der Waals surface area contributed by atoms with Crippen LogP contribution >= 0.6 is 0 Å². The van der Waals surface area contributed by atoms with E-state index in [-0.39, 0.29) is 11.9 Å². The van der Waals surface area contributed by atoms with Gasteiger partial charge in [0, 0.05) is 19.1 Å². The van der Waals surface area contributed by atoms with Gasteiger partial charge in [0.1, 0.15) is 5.82 Å². The highest BCUT2D eigenvalue weighted by atomic mass is 19.1. The standard InChI is InChI=1S/C18H21FN2/c19-17-8-4-7-15(11-17)18(20)13-21-10-9-16(12-21)14-5-2-1-3-6-14/h1-8,11,16,18H,9-10,12-13,20H2. The first-order valence-electron chi connectivity index (χ1n) is 7.51. The molecule has 1 heterocycles. The minimum absolute atomic E-state index is 0.129. The summed E-state index contributed by atoms with van der Waals surface area (Å²) in [6, 6.07) is 17.1. The molecule has 0 spiro atoms. The molecule has 1 saturated heterocycles. The zero-order valence-corrected chi connectivity index (χ0v) is 12.1. The van der Waals surface area contributed by atoms with Gasteiger partial charge in [0.05, 0.1) is 0 Å². The zero-order valence-electron chi connectivity index (χ0n) is 12.1.